The Kier molecular flexibility index (Phi) is 6.93. The number of alkyl halides is 4. The van der Waals surface area contributed by atoms with Crippen LogP contribution in [0.1, 0.15) is 57.2 Å². The summed E-state index contributed by atoms with van der Waals surface area (Å²) in [6.45, 7) is 5.94. The maximum atomic E-state index is 15.3. The normalized spacial score (nSPS) is 15.9. The van der Waals surface area contributed by atoms with Crippen molar-refractivity contribution in [2.45, 2.75) is 64.3 Å². The van der Waals surface area contributed by atoms with Crippen LogP contribution in [0, 0.1) is 17.0 Å². The molecular weight excluding hydrogens is 506 g/mol. The Labute approximate surface area is 205 Å². The molecule has 1 fully saturated rings. The van der Waals surface area contributed by atoms with E-state index >= 15 is 4.39 Å². The lowest BCUT2D eigenvalue weighted by molar-refractivity contribution is 0.109. The zero-order chi connectivity index (χ0) is 26.6. The average molecular weight is 533 g/mol. The van der Waals surface area contributed by atoms with Gasteiger partial charge in [0, 0.05) is 40.3 Å². The number of halogens is 6. The molecule has 1 aliphatic carbocycles. The molecule has 1 unspecified atom stereocenters. The van der Waals surface area contributed by atoms with Crippen molar-refractivity contribution in [1.82, 2.24) is 9.29 Å². The van der Waals surface area contributed by atoms with Gasteiger partial charge in [0.25, 0.3) is 12.9 Å². The molecular formula is C25H26F6N2O2S. The summed E-state index contributed by atoms with van der Waals surface area (Å²) in [7, 11) is -4.01. The first-order chi connectivity index (χ1) is 16.7. The Bertz CT molecular complexity index is 1390. The highest BCUT2D eigenvalue weighted by molar-refractivity contribution is 7.90. The van der Waals surface area contributed by atoms with E-state index in [-0.39, 0.29) is 39.6 Å². The largest absolute Gasteiger partial charge is 0.347 e. The first-order valence-electron chi connectivity index (χ1n) is 11.4. The van der Waals surface area contributed by atoms with Gasteiger partial charge in [-0.05, 0) is 48.1 Å². The molecule has 4 nitrogen and oxygen atoms in total. The Morgan fingerprint density at radius 2 is 1.67 bits per heavy atom. The number of aromatic nitrogens is 1. The van der Waals surface area contributed by atoms with Gasteiger partial charge < -0.3 is 4.57 Å². The summed E-state index contributed by atoms with van der Waals surface area (Å²) in [5.41, 5.74) is -1.40. The summed E-state index contributed by atoms with van der Waals surface area (Å²) in [5, 5.41) is -0.707. The number of benzene rings is 2. The number of rotatable bonds is 8. The van der Waals surface area contributed by atoms with Crippen molar-refractivity contribution >= 4 is 20.9 Å². The van der Waals surface area contributed by atoms with Crippen molar-refractivity contribution in [2.75, 3.05) is 0 Å². The molecule has 1 atom stereocenters. The van der Waals surface area contributed by atoms with Gasteiger partial charge in [-0.2, -0.15) is 0 Å². The van der Waals surface area contributed by atoms with Crippen molar-refractivity contribution in [3.05, 3.63) is 59.3 Å². The van der Waals surface area contributed by atoms with E-state index in [0.717, 1.165) is 18.2 Å². The summed E-state index contributed by atoms with van der Waals surface area (Å²) in [6.07, 6.45) is -4.11. The molecule has 3 aromatic rings. The molecule has 1 aromatic heterocycles. The van der Waals surface area contributed by atoms with E-state index in [4.69, 9.17) is 0 Å². The van der Waals surface area contributed by atoms with Crippen LogP contribution in [-0.2, 0) is 16.6 Å². The fourth-order valence-electron chi connectivity index (χ4n) is 4.30. The van der Waals surface area contributed by atoms with Crippen LogP contribution in [0.2, 0.25) is 0 Å². The molecule has 0 spiro atoms. The first kappa shape index (κ1) is 26.5. The maximum Gasteiger partial charge on any atom is 0.264 e. The lowest BCUT2D eigenvalue weighted by Crippen LogP contribution is -2.35. The topological polar surface area (TPSA) is 51.1 Å². The quantitative estimate of drug-likeness (QED) is 0.319. The van der Waals surface area contributed by atoms with Gasteiger partial charge in [-0.15, -0.1) is 0 Å². The third-order valence-corrected chi connectivity index (χ3v) is 7.96. The number of hydrogen-bond acceptors (Lipinski definition) is 2. The van der Waals surface area contributed by atoms with Crippen LogP contribution in [0.4, 0.5) is 26.3 Å². The minimum atomic E-state index is -4.01. The Morgan fingerprint density at radius 1 is 1.00 bits per heavy atom. The summed E-state index contributed by atoms with van der Waals surface area (Å²) in [4.78, 5) is 0. The maximum absolute atomic E-state index is 15.3. The van der Waals surface area contributed by atoms with Crippen LogP contribution in [0.15, 0.2) is 36.5 Å². The molecule has 36 heavy (non-hydrogen) atoms. The second-order valence-corrected chi connectivity index (χ2v) is 12.3. The summed E-state index contributed by atoms with van der Waals surface area (Å²) in [5.74, 6) is -1.89. The highest BCUT2D eigenvalue weighted by Gasteiger charge is 2.40. The Morgan fingerprint density at radius 3 is 2.22 bits per heavy atom. The van der Waals surface area contributed by atoms with Gasteiger partial charge in [0.2, 0.25) is 10.0 Å². The standard InChI is InChI=1S/C25H26F6N2O2S/c1-25(2,3)12-33-11-19(22(24(30)31)32-36(34,35)14-5-6-14)17-9-20(27)16(10-21(17)33)15-7-4-13(26)8-18(15)23(28)29/h4,7-11,14,22-24,32H,5-6,12H2,1-3H3. The van der Waals surface area contributed by atoms with Crippen LogP contribution in [0.5, 0.6) is 0 Å². The fraction of sp³-hybridized carbons (Fsp3) is 0.440. The van der Waals surface area contributed by atoms with Crippen LogP contribution < -0.4 is 4.72 Å². The van der Waals surface area contributed by atoms with Gasteiger partial charge in [-0.25, -0.2) is 39.5 Å². The monoisotopic (exact) mass is 532 g/mol. The molecule has 4 rings (SSSR count). The molecule has 11 heteroatoms. The predicted molar refractivity (Wildman–Crippen MR) is 126 cm³/mol. The second kappa shape index (κ2) is 9.41. The van der Waals surface area contributed by atoms with Crippen molar-refractivity contribution in [3.8, 4) is 11.1 Å². The highest BCUT2D eigenvalue weighted by Crippen LogP contribution is 2.40. The van der Waals surface area contributed by atoms with Gasteiger partial charge >= 0.3 is 0 Å². The van der Waals surface area contributed by atoms with Gasteiger partial charge in [0.15, 0.2) is 0 Å². The molecule has 196 valence electrons. The van der Waals surface area contributed by atoms with Crippen LogP contribution in [-0.4, -0.2) is 24.7 Å². The van der Waals surface area contributed by atoms with Gasteiger partial charge in [-0.3, -0.25) is 0 Å². The summed E-state index contributed by atoms with van der Waals surface area (Å²) in [6, 6.07) is 2.89. The van der Waals surface area contributed by atoms with Crippen LogP contribution in [0.3, 0.4) is 0 Å². The van der Waals surface area contributed by atoms with E-state index in [2.05, 4.69) is 4.72 Å². The van der Waals surface area contributed by atoms with E-state index in [0.29, 0.717) is 18.9 Å². The van der Waals surface area contributed by atoms with E-state index in [1.807, 2.05) is 20.8 Å². The van der Waals surface area contributed by atoms with Crippen molar-refractivity contribution in [1.29, 1.82) is 0 Å². The number of sulfonamides is 1. The molecule has 0 radical (unpaired) electrons. The number of hydrogen-bond donors (Lipinski definition) is 1. The SMILES string of the molecule is CC(C)(C)Cn1cc(C(NS(=O)(=O)C2CC2)C(F)F)c2cc(F)c(-c3ccc(F)cc3C(F)F)cc21. The predicted octanol–water partition coefficient (Wildman–Crippen LogP) is 6.96. The number of nitrogens with zero attached hydrogens (tertiary/aromatic N) is 1. The molecule has 1 aliphatic rings. The van der Waals surface area contributed by atoms with E-state index in [1.165, 1.54) is 12.3 Å². The summed E-state index contributed by atoms with van der Waals surface area (Å²) < 4.78 is 113. The third kappa shape index (κ3) is 5.41. The van der Waals surface area contributed by atoms with Gasteiger partial charge in [-0.1, -0.05) is 26.8 Å². The lowest BCUT2D eigenvalue weighted by atomic mass is 9.96. The average Bonchev–Trinajstić information content (AvgIpc) is 3.56. The highest BCUT2D eigenvalue weighted by atomic mass is 32.2. The zero-order valence-corrected chi connectivity index (χ0v) is 20.7. The van der Waals surface area contributed by atoms with E-state index < -0.39 is 51.4 Å². The van der Waals surface area contributed by atoms with Gasteiger partial charge in [0.1, 0.15) is 17.7 Å². The van der Waals surface area contributed by atoms with Gasteiger partial charge in [0.05, 0.1) is 5.25 Å². The molecule has 0 bridgehead atoms. The Hall–Kier alpha value is -2.53. The number of nitrogens with one attached hydrogen (secondary N) is 1. The van der Waals surface area contributed by atoms with Crippen molar-refractivity contribution in [3.63, 3.8) is 0 Å². The van der Waals surface area contributed by atoms with Crippen molar-refractivity contribution < 1.29 is 34.8 Å². The molecule has 0 aliphatic heterocycles. The smallest absolute Gasteiger partial charge is 0.264 e. The molecule has 1 heterocycles. The number of fused-ring (bicyclic) bond motifs is 1. The van der Waals surface area contributed by atoms with Crippen molar-refractivity contribution in [2.24, 2.45) is 5.41 Å². The molecule has 1 saturated carbocycles. The van der Waals surface area contributed by atoms with Crippen LogP contribution >= 0.6 is 0 Å². The Balaban J connectivity index is 1.93. The lowest BCUT2D eigenvalue weighted by Gasteiger charge is -2.20. The van der Waals surface area contributed by atoms with Crippen LogP contribution in [0.25, 0.3) is 22.0 Å². The molecule has 0 saturated heterocycles. The first-order valence-corrected chi connectivity index (χ1v) is 12.9. The molecule has 2 aromatic carbocycles. The van der Waals surface area contributed by atoms with E-state index in [1.54, 1.807) is 4.57 Å². The molecule has 1 N–H and O–H groups in total. The molecule has 0 amide bonds. The minimum Gasteiger partial charge on any atom is -0.347 e. The minimum absolute atomic E-state index is 0.0324. The van der Waals surface area contributed by atoms with E-state index in [9.17, 15) is 30.4 Å². The second-order valence-electron chi connectivity index (χ2n) is 10.3. The summed E-state index contributed by atoms with van der Waals surface area (Å²) >= 11 is 0. The zero-order valence-electron chi connectivity index (χ0n) is 19.8. The fourth-order valence-corrected chi connectivity index (χ4v) is 5.83. The third-order valence-electron chi connectivity index (χ3n) is 6.03.